The van der Waals surface area contributed by atoms with E-state index in [0.717, 1.165) is 10.1 Å². The number of halogens is 1. The zero-order chi connectivity index (χ0) is 17.5. The van der Waals surface area contributed by atoms with Gasteiger partial charge in [0.1, 0.15) is 5.15 Å². The van der Waals surface area contributed by atoms with Crippen LogP contribution in [0.15, 0.2) is 34.3 Å². The van der Waals surface area contributed by atoms with E-state index in [1.807, 2.05) is 0 Å². The first-order valence-electron chi connectivity index (χ1n) is 7.12. The van der Waals surface area contributed by atoms with Crippen molar-refractivity contribution in [2.24, 2.45) is 0 Å². The maximum Gasteiger partial charge on any atom is 0.275 e. The maximum atomic E-state index is 12.1. The van der Waals surface area contributed by atoms with Gasteiger partial charge in [0.15, 0.2) is 0 Å². The molecule has 0 aliphatic heterocycles. The molecule has 0 bridgehead atoms. The van der Waals surface area contributed by atoms with E-state index in [0.29, 0.717) is 17.4 Å². The Hall–Kier alpha value is -2.26. The number of rotatable bonds is 4. The Bertz CT molecular complexity index is 1070. The van der Waals surface area contributed by atoms with Crippen LogP contribution in [0.3, 0.4) is 0 Å². The Morgan fingerprint density at radius 3 is 2.67 bits per heavy atom. The van der Waals surface area contributed by atoms with Gasteiger partial charge < -0.3 is 4.57 Å². The van der Waals surface area contributed by atoms with E-state index in [2.05, 4.69) is 15.1 Å². The molecule has 0 saturated carbocycles. The van der Waals surface area contributed by atoms with Gasteiger partial charge >= 0.3 is 0 Å². The molecular formula is C14H14ClN5O3S. The average Bonchev–Trinajstić information content (AvgIpc) is 3.00. The fraction of sp³-hybridized carbons (Fsp3) is 0.286. The molecule has 0 atom stereocenters. The Morgan fingerprint density at radius 1 is 1.29 bits per heavy atom. The molecule has 0 unspecified atom stereocenters. The molecule has 3 rings (SSSR count). The van der Waals surface area contributed by atoms with Gasteiger partial charge in [0.05, 0.1) is 12.3 Å². The molecule has 0 fully saturated rings. The molecule has 24 heavy (non-hydrogen) atoms. The number of sulfone groups is 1. The third-order valence-electron chi connectivity index (χ3n) is 3.57. The smallest absolute Gasteiger partial charge is 0.275 e. The topological polar surface area (TPSA) is 99.2 Å². The second-order valence-electron chi connectivity index (χ2n) is 5.21. The van der Waals surface area contributed by atoms with E-state index in [4.69, 9.17) is 11.6 Å². The Morgan fingerprint density at radius 2 is 2.04 bits per heavy atom. The number of aryl methyl sites for hydroxylation is 1. The van der Waals surface area contributed by atoms with Gasteiger partial charge in [0.2, 0.25) is 15.6 Å². The van der Waals surface area contributed by atoms with E-state index in [1.165, 1.54) is 13.0 Å². The molecule has 3 aromatic heterocycles. The summed E-state index contributed by atoms with van der Waals surface area (Å²) < 4.78 is 26.7. The van der Waals surface area contributed by atoms with Gasteiger partial charge in [-0.15, -0.1) is 5.10 Å². The van der Waals surface area contributed by atoms with Gasteiger partial charge in [-0.3, -0.25) is 4.79 Å². The van der Waals surface area contributed by atoms with E-state index in [-0.39, 0.29) is 16.7 Å². The molecular weight excluding hydrogens is 354 g/mol. The van der Waals surface area contributed by atoms with Crippen molar-refractivity contribution in [2.45, 2.75) is 25.5 Å². The van der Waals surface area contributed by atoms with E-state index >= 15 is 0 Å². The highest BCUT2D eigenvalue weighted by Gasteiger charge is 2.21. The molecule has 0 aliphatic carbocycles. The minimum absolute atomic E-state index is 0.141. The molecule has 0 aromatic carbocycles. The Balaban J connectivity index is 2.20. The van der Waals surface area contributed by atoms with Crippen LogP contribution in [0.5, 0.6) is 0 Å². The van der Waals surface area contributed by atoms with Gasteiger partial charge in [0, 0.05) is 18.0 Å². The molecule has 0 N–H and O–H groups in total. The van der Waals surface area contributed by atoms with Gasteiger partial charge in [-0.05, 0) is 18.6 Å². The summed E-state index contributed by atoms with van der Waals surface area (Å²) in [6.07, 6.45) is 1.61. The van der Waals surface area contributed by atoms with Crippen LogP contribution in [0.2, 0.25) is 5.15 Å². The molecule has 0 spiro atoms. The van der Waals surface area contributed by atoms with Crippen molar-refractivity contribution in [3.05, 3.63) is 51.2 Å². The lowest BCUT2D eigenvalue weighted by Gasteiger charge is -2.11. The molecule has 0 aliphatic rings. The molecule has 0 amide bonds. The second kappa shape index (κ2) is 5.99. The van der Waals surface area contributed by atoms with Crippen LogP contribution in [-0.2, 0) is 16.4 Å². The maximum absolute atomic E-state index is 12.1. The quantitative estimate of drug-likeness (QED) is 0.640. The van der Waals surface area contributed by atoms with Crippen molar-refractivity contribution in [1.29, 1.82) is 0 Å². The van der Waals surface area contributed by atoms with Crippen molar-refractivity contribution in [3.8, 4) is 0 Å². The van der Waals surface area contributed by atoms with Gasteiger partial charge in [-0.25, -0.2) is 13.4 Å². The number of aromatic nitrogens is 5. The summed E-state index contributed by atoms with van der Waals surface area (Å²) in [5.41, 5.74) is 1.03. The highest BCUT2D eigenvalue weighted by atomic mass is 35.5. The minimum Gasteiger partial charge on any atom is -0.310 e. The first-order chi connectivity index (χ1) is 11.3. The predicted octanol–water partition coefficient (Wildman–Crippen LogP) is 1.09. The third-order valence-corrected chi connectivity index (χ3v) is 5.28. The first kappa shape index (κ1) is 16.6. The van der Waals surface area contributed by atoms with Crippen LogP contribution >= 0.6 is 11.6 Å². The fourth-order valence-electron chi connectivity index (χ4n) is 2.22. The highest BCUT2D eigenvalue weighted by Crippen LogP contribution is 2.12. The summed E-state index contributed by atoms with van der Waals surface area (Å²) in [5, 5.41) is 3.88. The average molecular weight is 368 g/mol. The summed E-state index contributed by atoms with van der Waals surface area (Å²) in [6, 6.07) is 4.83. The van der Waals surface area contributed by atoms with Crippen molar-refractivity contribution in [1.82, 2.24) is 24.1 Å². The normalized spacial score (nSPS) is 12.0. The lowest BCUT2D eigenvalue weighted by Crippen LogP contribution is -2.20. The van der Waals surface area contributed by atoms with Gasteiger partial charge in [-0.1, -0.05) is 24.6 Å². The van der Waals surface area contributed by atoms with Crippen molar-refractivity contribution < 1.29 is 8.42 Å². The lowest BCUT2D eigenvalue weighted by atomic mass is 10.3. The number of pyridine rings is 1. The standard InChI is InChI=1S/C14H14ClN5O3S/c1-3-24(22,23)13-17-14-19(8-10-4-5-11(15)16-7-10)9(2)6-12(21)20(14)18-13/h4-7H,3,8H2,1-2H3. The first-order valence-corrected chi connectivity index (χ1v) is 9.15. The number of nitrogens with zero attached hydrogens (tertiary/aromatic N) is 5. The van der Waals surface area contributed by atoms with Crippen LogP contribution in [0.25, 0.3) is 5.78 Å². The molecule has 126 valence electrons. The predicted molar refractivity (Wildman–Crippen MR) is 88.1 cm³/mol. The highest BCUT2D eigenvalue weighted by molar-refractivity contribution is 7.91. The zero-order valence-electron chi connectivity index (χ0n) is 13.0. The molecule has 0 saturated heterocycles. The molecule has 10 heteroatoms. The number of hydrogen-bond donors (Lipinski definition) is 0. The SMILES string of the molecule is CCS(=O)(=O)c1nc2n(Cc3ccc(Cl)nc3)c(C)cc(=O)n2n1. The molecule has 3 heterocycles. The Labute approximate surface area is 142 Å². The van der Waals surface area contributed by atoms with E-state index < -0.39 is 15.4 Å². The third kappa shape index (κ3) is 2.92. The van der Waals surface area contributed by atoms with Gasteiger partial charge in [0.25, 0.3) is 10.7 Å². The molecule has 0 radical (unpaired) electrons. The van der Waals surface area contributed by atoms with Crippen LogP contribution in [0, 0.1) is 6.92 Å². The van der Waals surface area contributed by atoms with Crippen molar-refractivity contribution in [3.63, 3.8) is 0 Å². The summed E-state index contributed by atoms with van der Waals surface area (Å²) in [6.45, 7) is 3.59. The van der Waals surface area contributed by atoms with Crippen LogP contribution in [0.4, 0.5) is 0 Å². The largest absolute Gasteiger partial charge is 0.310 e. The van der Waals surface area contributed by atoms with Crippen LogP contribution in [0.1, 0.15) is 18.2 Å². The molecule has 3 aromatic rings. The van der Waals surface area contributed by atoms with Crippen molar-refractivity contribution >= 4 is 27.2 Å². The number of hydrogen-bond acceptors (Lipinski definition) is 6. The summed E-state index contributed by atoms with van der Waals surface area (Å²) in [7, 11) is -3.61. The zero-order valence-corrected chi connectivity index (χ0v) is 14.5. The molecule has 8 nitrogen and oxygen atoms in total. The monoisotopic (exact) mass is 367 g/mol. The number of fused-ring (bicyclic) bond motifs is 1. The van der Waals surface area contributed by atoms with Gasteiger partial charge in [-0.2, -0.15) is 9.50 Å². The lowest BCUT2D eigenvalue weighted by molar-refractivity contribution is 0.588. The second-order valence-corrected chi connectivity index (χ2v) is 7.77. The van der Waals surface area contributed by atoms with E-state index in [1.54, 1.807) is 29.8 Å². The van der Waals surface area contributed by atoms with Crippen molar-refractivity contribution in [2.75, 3.05) is 5.75 Å². The summed E-state index contributed by atoms with van der Waals surface area (Å²) in [5.74, 6) is 0.0278. The fourth-order valence-corrected chi connectivity index (χ4v) is 3.02. The summed E-state index contributed by atoms with van der Waals surface area (Å²) >= 11 is 5.78. The summed E-state index contributed by atoms with van der Waals surface area (Å²) in [4.78, 5) is 20.2. The van der Waals surface area contributed by atoms with E-state index in [9.17, 15) is 13.2 Å². The minimum atomic E-state index is -3.61. The van der Waals surface area contributed by atoms with Crippen LogP contribution < -0.4 is 5.56 Å². The Kier molecular flexibility index (Phi) is 4.14. The van der Waals surface area contributed by atoms with Crippen LogP contribution in [-0.4, -0.2) is 38.3 Å².